The van der Waals surface area contributed by atoms with E-state index in [1.54, 1.807) is 0 Å². The third-order valence-corrected chi connectivity index (χ3v) is 1.64. The van der Waals surface area contributed by atoms with Gasteiger partial charge in [0.2, 0.25) is 0 Å². The van der Waals surface area contributed by atoms with Crippen LogP contribution in [0, 0.1) is 0 Å². The second kappa shape index (κ2) is 4.99. The molecule has 0 heterocycles. The molecule has 0 aromatic heterocycles. The molecule has 1 rings (SSSR count). The molecule has 0 bridgehead atoms. The second-order valence-electron chi connectivity index (χ2n) is 3.15. The smallest absolute Gasteiger partial charge is 0.330 e. The summed E-state index contributed by atoms with van der Waals surface area (Å²) in [6.07, 6.45) is 3.35. The molecule has 1 unspecified atom stereocenters. The summed E-state index contributed by atoms with van der Waals surface area (Å²) in [5, 5.41) is 0. The molecule has 0 amide bonds. The van der Waals surface area contributed by atoms with E-state index in [9.17, 15) is 4.79 Å². The molecule has 0 aromatic rings. The molecule has 4 heteroatoms. The number of nitrogens with one attached hydrogen (secondary N) is 1. The molecule has 4 nitrogen and oxygen atoms in total. The van der Waals surface area contributed by atoms with Crippen LogP contribution in [0.5, 0.6) is 0 Å². The van der Waals surface area contributed by atoms with Crippen LogP contribution >= 0.6 is 0 Å². The maximum atomic E-state index is 10.7. The van der Waals surface area contributed by atoms with Gasteiger partial charge in [-0.1, -0.05) is 6.58 Å². The number of esters is 1. The number of hydrogen-bond donors (Lipinski definition) is 1. The van der Waals surface area contributed by atoms with Crippen molar-refractivity contribution in [1.29, 1.82) is 0 Å². The molecule has 13 heavy (non-hydrogen) atoms. The van der Waals surface area contributed by atoms with Crippen molar-refractivity contribution in [3.63, 3.8) is 0 Å². The molecule has 1 saturated carbocycles. The average molecular weight is 185 g/mol. The van der Waals surface area contributed by atoms with Gasteiger partial charge in [0, 0.05) is 12.1 Å². The first-order valence-corrected chi connectivity index (χ1v) is 4.42. The van der Waals surface area contributed by atoms with Crippen LogP contribution in [-0.4, -0.2) is 24.7 Å². The minimum Gasteiger partial charge on any atom is -0.460 e. The molecular formula is C9H15NO3. The van der Waals surface area contributed by atoms with Crippen molar-refractivity contribution in [3.8, 4) is 0 Å². The van der Waals surface area contributed by atoms with Crippen LogP contribution in [-0.2, 0) is 14.4 Å². The summed E-state index contributed by atoms with van der Waals surface area (Å²) in [5.41, 5.74) is 2.88. The van der Waals surface area contributed by atoms with Gasteiger partial charge in [-0.15, -0.1) is 0 Å². The minimum absolute atomic E-state index is 0.121. The van der Waals surface area contributed by atoms with Gasteiger partial charge in [-0.25, -0.2) is 4.79 Å². The summed E-state index contributed by atoms with van der Waals surface area (Å²) in [7, 11) is 0. The van der Waals surface area contributed by atoms with Crippen molar-refractivity contribution >= 4 is 5.97 Å². The molecule has 0 saturated heterocycles. The lowest BCUT2D eigenvalue weighted by Crippen LogP contribution is -2.27. The molecule has 0 aliphatic heterocycles. The van der Waals surface area contributed by atoms with Crippen LogP contribution < -0.4 is 5.48 Å². The van der Waals surface area contributed by atoms with Gasteiger partial charge >= 0.3 is 5.97 Å². The lowest BCUT2D eigenvalue weighted by molar-refractivity contribution is -0.143. The Balaban J connectivity index is 1.98. The van der Waals surface area contributed by atoms with Crippen molar-refractivity contribution in [2.45, 2.75) is 31.9 Å². The topological polar surface area (TPSA) is 47.6 Å². The van der Waals surface area contributed by atoms with Crippen LogP contribution in [0.2, 0.25) is 0 Å². The lowest BCUT2D eigenvalue weighted by atomic mass is 10.4. The second-order valence-corrected chi connectivity index (χ2v) is 3.15. The molecule has 0 radical (unpaired) electrons. The highest BCUT2D eigenvalue weighted by atomic mass is 16.7. The Kier molecular flexibility index (Phi) is 3.92. The molecule has 1 aliphatic carbocycles. The Morgan fingerprint density at radius 3 is 3.00 bits per heavy atom. The highest BCUT2D eigenvalue weighted by molar-refractivity contribution is 5.81. The monoisotopic (exact) mass is 185 g/mol. The fourth-order valence-corrected chi connectivity index (χ4v) is 0.706. The van der Waals surface area contributed by atoms with Gasteiger partial charge in [0.25, 0.3) is 0 Å². The van der Waals surface area contributed by atoms with Gasteiger partial charge in [-0.2, -0.15) is 5.48 Å². The first kappa shape index (κ1) is 10.2. The maximum absolute atomic E-state index is 10.7. The molecule has 1 atom stereocenters. The highest BCUT2D eigenvalue weighted by Gasteiger charge is 2.22. The van der Waals surface area contributed by atoms with Crippen LogP contribution in [0.3, 0.4) is 0 Å². The summed E-state index contributed by atoms with van der Waals surface area (Å²) in [5.74, 6) is -0.415. The molecule has 0 aromatic carbocycles. The zero-order valence-corrected chi connectivity index (χ0v) is 7.79. The first-order chi connectivity index (χ1) is 6.22. The average Bonchev–Trinajstić information content (AvgIpc) is 2.94. The van der Waals surface area contributed by atoms with E-state index in [1.807, 2.05) is 6.92 Å². The van der Waals surface area contributed by atoms with Gasteiger partial charge in [-0.05, 0) is 19.8 Å². The quantitative estimate of drug-likeness (QED) is 0.377. The van der Waals surface area contributed by atoms with Crippen molar-refractivity contribution < 1.29 is 14.4 Å². The van der Waals surface area contributed by atoms with Crippen molar-refractivity contribution in [3.05, 3.63) is 12.7 Å². The largest absolute Gasteiger partial charge is 0.460 e. The third kappa shape index (κ3) is 4.65. The molecule has 1 fully saturated rings. The Hall–Kier alpha value is -0.870. The molecular weight excluding hydrogens is 170 g/mol. The Morgan fingerprint density at radius 1 is 1.77 bits per heavy atom. The van der Waals surface area contributed by atoms with E-state index in [1.165, 1.54) is 12.8 Å². The predicted molar refractivity (Wildman–Crippen MR) is 47.9 cm³/mol. The predicted octanol–water partition coefficient (Wildman–Crippen LogP) is 0.788. The van der Waals surface area contributed by atoms with Gasteiger partial charge in [0.05, 0.1) is 0 Å². The molecule has 1 N–H and O–H groups in total. The fraction of sp³-hybridized carbons (Fsp3) is 0.667. The van der Waals surface area contributed by atoms with Crippen molar-refractivity contribution in [2.75, 3.05) is 6.61 Å². The van der Waals surface area contributed by atoms with E-state index in [-0.39, 0.29) is 12.7 Å². The van der Waals surface area contributed by atoms with Gasteiger partial charge in [0.1, 0.15) is 12.7 Å². The summed E-state index contributed by atoms with van der Waals surface area (Å²) in [6, 6.07) is 0.498. The van der Waals surface area contributed by atoms with Crippen LogP contribution in [0.1, 0.15) is 19.8 Å². The van der Waals surface area contributed by atoms with E-state index in [0.717, 1.165) is 6.08 Å². The zero-order chi connectivity index (χ0) is 9.68. The Morgan fingerprint density at radius 2 is 2.46 bits per heavy atom. The molecule has 74 valence electrons. The SMILES string of the molecule is C=CC(=O)OCC(C)ONC1CC1. The fourth-order valence-electron chi connectivity index (χ4n) is 0.706. The maximum Gasteiger partial charge on any atom is 0.330 e. The number of rotatable bonds is 6. The number of carbonyl (C=O) groups is 1. The summed E-state index contributed by atoms with van der Waals surface area (Å²) in [4.78, 5) is 15.8. The van der Waals surface area contributed by atoms with Gasteiger partial charge in [-0.3, -0.25) is 4.84 Å². The molecule has 1 aliphatic rings. The lowest BCUT2D eigenvalue weighted by Gasteiger charge is -2.12. The van der Waals surface area contributed by atoms with Crippen LogP contribution in [0.4, 0.5) is 0 Å². The number of hydroxylamine groups is 1. The normalized spacial score (nSPS) is 17.9. The number of ether oxygens (including phenoxy) is 1. The van der Waals surface area contributed by atoms with E-state index >= 15 is 0 Å². The van der Waals surface area contributed by atoms with Crippen molar-refractivity contribution in [1.82, 2.24) is 5.48 Å². The van der Waals surface area contributed by atoms with E-state index in [4.69, 9.17) is 9.57 Å². The summed E-state index contributed by atoms with van der Waals surface area (Å²) >= 11 is 0. The highest BCUT2D eigenvalue weighted by Crippen LogP contribution is 2.18. The Bertz CT molecular complexity index is 189. The molecule has 0 spiro atoms. The van der Waals surface area contributed by atoms with E-state index in [0.29, 0.717) is 6.04 Å². The zero-order valence-electron chi connectivity index (χ0n) is 7.79. The number of hydrogen-bond acceptors (Lipinski definition) is 4. The summed E-state index contributed by atoms with van der Waals surface area (Å²) in [6.45, 7) is 5.39. The standard InChI is InChI=1S/C9H15NO3/c1-3-9(11)12-6-7(2)13-10-8-4-5-8/h3,7-8,10H,1,4-6H2,2H3. The Labute approximate surface area is 77.9 Å². The van der Waals surface area contributed by atoms with Gasteiger partial charge in [0.15, 0.2) is 0 Å². The van der Waals surface area contributed by atoms with Crippen molar-refractivity contribution in [2.24, 2.45) is 0 Å². The third-order valence-electron chi connectivity index (χ3n) is 1.64. The van der Waals surface area contributed by atoms with E-state index < -0.39 is 5.97 Å². The summed E-state index contributed by atoms with van der Waals surface area (Å²) < 4.78 is 4.78. The van der Waals surface area contributed by atoms with Crippen LogP contribution in [0.25, 0.3) is 0 Å². The number of carbonyl (C=O) groups excluding carboxylic acids is 1. The van der Waals surface area contributed by atoms with Crippen LogP contribution in [0.15, 0.2) is 12.7 Å². The van der Waals surface area contributed by atoms with E-state index in [2.05, 4.69) is 12.1 Å². The van der Waals surface area contributed by atoms with Gasteiger partial charge < -0.3 is 4.74 Å². The first-order valence-electron chi connectivity index (χ1n) is 4.42. The minimum atomic E-state index is -0.415.